The molecule has 26 heavy (non-hydrogen) atoms. The number of nitrogens with zero attached hydrogens (tertiary/aromatic N) is 1. The lowest BCUT2D eigenvalue weighted by Crippen LogP contribution is -2.25. The van der Waals surface area contributed by atoms with E-state index in [4.69, 9.17) is 4.74 Å². The highest BCUT2D eigenvalue weighted by atomic mass is 79.9. The first-order valence-electron chi connectivity index (χ1n) is 7.93. The summed E-state index contributed by atoms with van der Waals surface area (Å²) in [6.45, 7) is 1.74. The predicted molar refractivity (Wildman–Crippen MR) is 112 cm³/mol. The van der Waals surface area contributed by atoms with Gasteiger partial charge in [0.2, 0.25) is 0 Å². The molecule has 0 radical (unpaired) electrons. The second kappa shape index (κ2) is 8.47. The summed E-state index contributed by atoms with van der Waals surface area (Å²) < 4.78 is 7.20. The lowest BCUT2D eigenvalue weighted by Gasteiger charge is -2.08. The maximum atomic E-state index is 12.0. The van der Waals surface area contributed by atoms with Crippen molar-refractivity contribution < 1.29 is 9.53 Å². The highest BCUT2D eigenvalue weighted by Crippen LogP contribution is 2.28. The molecule has 0 atom stereocenters. The van der Waals surface area contributed by atoms with Crippen molar-refractivity contribution in [3.63, 3.8) is 0 Å². The quantitative estimate of drug-likeness (QED) is 0.403. The van der Waals surface area contributed by atoms with Crippen LogP contribution in [0.3, 0.4) is 0 Å². The van der Waals surface area contributed by atoms with Crippen LogP contribution in [0.1, 0.15) is 12.5 Å². The van der Waals surface area contributed by atoms with Gasteiger partial charge in [-0.1, -0.05) is 52.3 Å². The summed E-state index contributed by atoms with van der Waals surface area (Å²) in [7, 11) is 0. The van der Waals surface area contributed by atoms with Gasteiger partial charge in [0.1, 0.15) is 5.75 Å². The topological polar surface area (TPSA) is 50.7 Å². The van der Waals surface area contributed by atoms with E-state index in [9.17, 15) is 4.79 Å². The summed E-state index contributed by atoms with van der Waals surface area (Å²) in [6.07, 6.45) is 0. The van der Waals surface area contributed by atoms with Crippen LogP contribution in [0.25, 0.3) is 10.8 Å². The third kappa shape index (κ3) is 4.71. The first-order valence-corrected chi connectivity index (χ1v) is 9.52. The summed E-state index contributed by atoms with van der Waals surface area (Å²) in [5.74, 6) is 0.276. The summed E-state index contributed by atoms with van der Waals surface area (Å²) in [5, 5.41) is 6.47. The zero-order valence-electron chi connectivity index (χ0n) is 14.0. The number of benzene rings is 3. The van der Waals surface area contributed by atoms with Crippen LogP contribution < -0.4 is 10.2 Å². The number of nitrogens with one attached hydrogen (secondary N) is 1. The minimum atomic E-state index is -0.319. The molecule has 0 aliphatic heterocycles. The van der Waals surface area contributed by atoms with Crippen molar-refractivity contribution >= 4 is 54.3 Å². The number of rotatable bonds is 5. The van der Waals surface area contributed by atoms with Crippen molar-refractivity contribution in [3.05, 3.63) is 75.2 Å². The molecule has 0 aliphatic carbocycles. The Morgan fingerprint density at radius 2 is 1.81 bits per heavy atom. The Balaban J connectivity index is 1.61. The molecule has 0 spiro atoms. The predicted octanol–water partition coefficient (Wildman–Crippen LogP) is 5.28. The third-order valence-electron chi connectivity index (χ3n) is 3.77. The number of hydrogen-bond acceptors (Lipinski definition) is 3. The Morgan fingerprint density at radius 1 is 1.04 bits per heavy atom. The molecule has 132 valence electrons. The van der Waals surface area contributed by atoms with Gasteiger partial charge in [-0.2, -0.15) is 5.10 Å². The molecule has 0 saturated carbocycles. The van der Waals surface area contributed by atoms with Gasteiger partial charge < -0.3 is 4.74 Å². The Kier molecular flexibility index (Phi) is 6.06. The molecule has 0 fully saturated rings. The largest absolute Gasteiger partial charge is 0.483 e. The summed E-state index contributed by atoms with van der Waals surface area (Å²) in [6, 6.07) is 19.7. The molecule has 3 aromatic carbocycles. The maximum absolute atomic E-state index is 12.0. The van der Waals surface area contributed by atoms with Crippen LogP contribution in [0.2, 0.25) is 0 Å². The second-order valence-electron chi connectivity index (χ2n) is 5.66. The number of amides is 1. The summed E-state index contributed by atoms with van der Waals surface area (Å²) in [4.78, 5) is 12.0. The highest BCUT2D eigenvalue weighted by molar-refractivity contribution is 9.11. The van der Waals surface area contributed by atoms with Gasteiger partial charge in [-0.25, -0.2) is 5.43 Å². The average molecular weight is 476 g/mol. The Labute approximate surface area is 168 Å². The molecule has 0 heterocycles. The molecule has 0 aromatic heterocycles. The van der Waals surface area contributed by atoms with E-state index in [0.717, 1.165) is 25.6 Å². The number of ether oxygens (including phenoxy) is 1. The van der Waals surface area contributed by atoms with E-state index >= 15 is 0 Å². The van der Waals surface area contributed by atoms with Crippen LogP contribution in [-0.2, 0) is 4.79 Å². The van der Waals surface area contributed by atoms with E-state index < -0.39 is 0 Å². The molecule has 0 unspecified atom stereocenters. The molecule has 4 nitrogen and oxygen atoms in total. The number of hydrogen-bond donors (Lipinski definition) is 1. The van der Waals surface area contributed by atoms with Gasteiger partial charge >= 0.3 is 0 Å². The van der Waals surface area contributed by atoms with Gasteiger partial charge in [-0.3, -0.25) is 4.79 Å². The Hall–Kier alpha value is -2.18. The lowest BCUT2D eigenvalue weighted by molar-refractivity contribution is -0.123. The monoisotopic (exact) mass is 474 g/mol. The van der Waals surface area contributed by atoms with Gasteiger partial charge in [-0.15, -0.1) is 0 Å². The summed E-state index contributed by atoms with van der Waals surface area (Å²) >= 11 is 6.77. The van der Waals surface area contributed by atoms with Crippen LogP contribution in [0.5, 0.6) is 5.75 Å². The Morgan fingerprint density at radius 3 is 2.58 bits per heavy atom. The minimum Gasteiger partial charge on any atom is -0.483 e. The number of fused-ring (bicyclic) bond motifs is 1. The van der Waals surface area contributed by atoms with E-state index in [1.54, 1.807) is 6.07 Å². The maximum Gasteiger partial charge on any atom is 0.277 e. The van der Waals surface area contributed by atoms with E-state index in [-0.39, 0.29) is 12.5 Å². The van der Waals surface area contributed by atoms with Crippen molar-refractivity contribution in [1.82, 2.24) is 5.43 Å². The van der Waals surface area contributed by atoms with E-state index in [1.165, 1.54) is 5.39 Å². The van der Waals surface area contributed by atoms with Gasteiger partial charge in [0.15, 0.2) is 6.61 Å². The van der Waals surface area contributed by atoms with Crippen molar-refractivity contribution in [1.29, 1.82) is 0 Å². The van der Waals surface area contributed by atoms with Crippen LogP contribution in [-0.4, -0.2) is 18.2 Å². The lowest BCUT2D eigenvalue weighted by atomic mass is 10.0. The van der Waals surface area contributed by atoms with Crippen LogP contribution in [0, 0.1) is 0 Å². The zero-order chi connectivity index (χ0) is 18.5. The molecular formula is C20H16Br2N2O2. The first kappa shape index (κ1) is 18.6. The van der Waals surface area contributed by atoms with E-state index in [0.29, 0.717) is 5.75 Å². The fourth-order valence-electron chi connectivity index (χ4n) is 2.39. The SMILES string of the molecule is C/C(=N\NC(=O)COc1ccc(Br)cc1Br)c1ccc2ccccc2c1. The summed E-state index contributed by atoms with van der Waals surface area (Å²) in [5.41, 5.74) is 4.22. The van der Waals surface area contributed by atoms with Gasteiger partial charge in [-0.05, 0) is 63.5 Å². The number of carbonyl (C=O) groups is 1. The van der Waals surface area contributed by atoms with Crippen LogP contribution in [0.15, 0.2) is 74.7 Å². The van der Waals surface area contributed by atoms with Crippen molar-refractivity contribution in [3.8, 4) is 5.75 Å². The molecular weight excluding hydrogens is 460 g/mol. The fourth-order valence-corrected chi connectivity index (χ4v) is 3.55. The smallest absolute Gasteiger partial charge is 0.277 e. The highest BCUT2D eigenvalue weighted by Gasteiger charge is 2.06. The zero-order valence-corrected chi connectivity index (χ0v) is 17.2. The van der Waals surface area contributed by atoms with Gasteiger partial charge in [0.05, 0.1) is 10.2 Å². The normalized spacial score (nSPS) is 11.4. The molecule has 1 N–H and O–H groups in total. The molecule has 0 bridgehead atoms. The molecule has 0 saturated heterocycles. The molecule has 3 aromatic rings. The molecule has 6 heteroatoms. The average Bonchev–Trinajstić information content (AvgIpc) is 2.65. The standard InChI is InChI=1S/C20H16Br2N2O2/c1-13(15-7-6-14-4-2-3-5-16(14)10-15)23-24-20(25)12-26-19-9-8-17(21)11-18(19)22/h2-11H,12H2,1H3,(H,24,25)/b23-13+. The first-order chi connectivity index (χ1) is 12.5. The Bertz CT molecular complexity index is 986. The van der Waals surface area contributed by atoms with Crippen molar-refractivity contribution in [2.24, 2.45) is 5.10 Å². The van der Waals surface area contributed by atoms with Crippen LogP contribution in [0.4, 0.5) is 0 Å². The van der Waals surface area contributed by atoms with Crippen molar-refractivity contribution in [2.45, 2.75) is 6.92 Å². The molecule has 1 amide bonds. The molecule has 0 aliphatic rings. The molecule has 3 rings (SSSR count). The number of hydrazone groups is 1. The fraction of sp³-hybridized carbons (Fsp3) is 0.100. The third-order valence-corrected chi connectivity index (χ3v) is 4.88. The number of carbonyl (C=O) groups excluding carboxylic acids is 1. The van der Waals surface area contributed by atoms with E-state index in [1.807, 2.05) is 43.3 Å². The second-order valence-corrected chi connectivity index (χ2v) is 7.43. The minimum absolute atomic E-state index is 0.116. The van der Waals surface area contributed by atoms with Gasteiger partial charge in [0, 0.05) is 4.47 Å². The van der Waals surface area contributed by atoms with Crippen LogP contribution >= 0.6 is 31.9 Å². The van der Waals surface area contributed by atoms with E-state index in [2.05, 4.69) is 60.6 Å². The van der Waals surface area contributed by atoms with Gasteiger partial charge in [0.25, 0.3) is 5.91 Å². The van der Waals surface area contributed by atoms with Crippen molar-refractivity contribution in [2.75, 3.05) is 6.61 Å². The number of halogens is 2.